The fraction of sp³-hybridized carbons (Fsp3) is 0.467. The number of azide groups is 1. The van der Waals surface area contributed by atoms with Gasteiger partial charge in [-0.2, -0.15) is 0 Å². The Morgan fingerprint density at radius 2 is 1.70 bits per heavy atom. The number of hydrogen-bond acceptors (Lipinski definition) is 10. The molecule has 2 aliphatic rings. The number of rotatable bonds is 15. The highest BCUT2D eigenvalue weighted by Gasteiger charge is 2.45. The van der Waals surface area contributed by atoms with Crippen LogP contribution in [0.25, 0.3) is 21.6 Å². The molecular weight excluding hydrogens is 620 g/mol. The summed E-state index contributed by atoms with van der Waals surface area (Å²) < 4.78 is 11.4. The molecule has 46 heavy (non-hydrogen) atoms. The van der Waals surface area contributed by atoms with Crippen LogP contribution < -0.4 is 16.4 Å². The molecule has 0 aromatic heterocycles. The number of aliphatic hydroxyl groups excluding tert-OH is 2. The van der Waals surface area contributed by atoms with Gasteiger partial charge < -0.3 is 41.2 Å². The molecule has 15 nitrogen and oxygen atoms in total. The van der Waals surface area contributed by atoms with Crippen molar-refractivity contribution in [3.8, 4) is 11.1 Å². The Morgan fingerprint density at radius 3 is 2.30 bits per heavy atom. The number of nitrogens with zero attached hydrogens (tertiary/aromatic N) is 3. The number of aliphatic carboxylic acids is 1. The zero-order valence-corrected chi connectivity index (χ0v) is 25.5. The minimum atomic E-state index is -1.58. The Balaban J connectivity index is 1.44. The topological polar surface area (TPSA) is 246 Å². The molecule has 7 N–H and O–H groups in total. The summed E-state index contributed by atoms with van der Waals surface area (Å²) in [6, 6.07) is 12.9. The predicted octanol–water partition coefficient (Wildman–Crippen LogP) is 2.00. The van der Waals surface area contributed by atoms with Gasteiger partial charge in [-0.15, -0.1) is 11.8 Å². The van der Waals surface area contributed by atoms with E-state index in [0.717, 1.165) is 34.0 Å². The molecule has 0 spiro atoms. The van der Waals surface area contributed by atoms with Gasteiger partial charge in [0.2, 0.25) is 11.8 Å². The summed E-state index contributed by atoms with van der Waals surface area (Å²) in [6.07, 6.45) is -5.48. The first kappa shape index (κ1) is 34.5. The van der Waals surface area contributed by atoms with E-state index >= 15 is 0 Å². The van der Waals surface area contributed by atoms with Gasteiger partial charge in [0.05, 0.1) is 18.7 Å². The molecule has 6 atom stereocenters. The number of fused-ring (bicyclic) bond motifs is 3. The maximum Gasteiger partial charge on any atom is 0.407 e. The number of nitrogens with one attached hydrogen (secondary N) is 2. The van der Waals surface area contributed by atoms with Gasteiger partial charge in [-0.1, -0.05) is 53.6 Å². The summed E-state index contributed by atoms with van der Waals surface area (Å²) in [6.45, 7) is -0.330. The number of carbonyl (C=O) groups excluding carboxylic acids is 3. The van der Waals surface area contributed by atoms with Crippen molar-refractivity contribution in [1.82, 2.24) is 10.6 Å². The molecule has 1 fully saturated rings. The number of carboxylic acid groups (broad SMARTS) is 1. The molecule has 3 amide bonds. The number of hydrogen-bond donors (Lipinski definition) is 6. The van der Waals surface area contributed by atoms with Crippen LogP contribution >= 0.6 is 11.8 Å². The zero-order valence-electron chi connectivity index (χ0n) is 24.7. The summed E-state index contributed by atoms with van der Waals surface area (Å²) in [4.78, 5) is 51.6. The van der Waals surface area contributed by atoms with E-state index in [1.54, 1.807) is 0 Å². The fourth-order valence-corrected chi connectivity index (χ4v) is 6.73. The second kappa shape index (κ2) is 16.3. The lowest BCUT2D eigenvalue weighted by Crippen LogP contribution is -2.65. The van der Waals surface area contributed by atoms with E-state index in [2.05, 4.69) is 20.7 Å². The van der Waals surface area contributed by atoms with Crippen molar-refractivity contribution >= 4 is 35.6 Å². The lowest BCUT2D eigenvalue weighted by atomic mass is 9.97. The highest BCUT2D eigenvalue weighted by molar-refractivity contribution is 7.99. The average Bonchev–Trinajstić information content (AvgIpc) is 3.36. The van der Waals surface area contributed by atoms with Crippen LogP contribution in [-0.4, -0.2) is 93.9 Å². The van der Waals surface area contributed by atoms with Crippen LogP contribution in [-0.2, 0) is 23.9 Å². The van der Waals surface area contributed by atoms with Gasteiger partial charge >= 0.3 is 12.1 Å². The van der Waals surface area contributed by atoms with Crippen LogP contribution in [0.1, 0.15) is 42.7 Å². The first-order valence-electron chi connectivity index (χ1n) is 14.7. The Morgan fingerprint density at radius 1 is 1.04 bits per heavy atom. The van der Waals surface area contributed by atoms with Crippen molar-refractivity contribution in [3.63, 3.8) is 0 Å². The summed E-state index contributed by atoms with van der Waals surface area (Å²) in [5.41, 5.74) is 17.0. The highest BCUT2D eigenvalue weighted by atomic mass is 32.2. The fourth-order valence-electron chi connectivity index (χ4n) is 5.52. The number of aliphatic hydroxyl groups is 2. The van der Waals surface area contributed by atoms with Crippen molar-refractivity contribution in [2.24, 2.45) is 10.8 Å². The summed E-state index contributed by atoms with van der Waals surface area (Å²) in [7, 11) is 0. The van der Waals surface area contributed by atoms with Gasteiger partial charge in [0.15, 0.2) is 0 Å². The molecule has 0 radical (unpaired) electrons. The molecule has 1 aliphatic carbocycles. The quantitative estimate of drug-likeness (QED) is 0.0704. The van der Waals surface area contributed by atoms with E-state index in [1.165, 1.54) is 0 Å². The number of thioether (sulfide) groups is 1. The number of carboxylic acids is 1. The second-order valence-electron chi connectivity index (χ2n) is 10.9. The molecule has 246 valence electrons. The maximum absolute atomic E-state index is 13.5. The first-order valence-corrected chi connectivity index (χ1v) is 15.7. The van der Waals surface area contributed by atoms with Crippen LogP contribution in [0.4, 0.5) is 4.79 Å². The molecule has 0 unspecified atom stereocenters. The smallest absolute Gasteiger partial charge is 0.407 e. The van der Waals surface area contributed by atoms with Gasteiger partial charge in [0, 0.05) is 23.7 Å². The molecule has 2 aromatic rings. The Labute approximate surface area is 268 Å². The number of carbonyl (C=O) groups is 4. The van der Waals surface area contributed by atoms with E-state index in [-0.39, 0.29) is 31.9 Å². The number of ether oxygens (including phenoxy) is 2. The molecule has 1 aliphatic heterocycles. The van der Waals surface area contributed by atoms with Crippen molar-refractivity contribution in [3.05, 3.63) is 70.1 Å². The molecule has 2 aromatic carbocycles. The average molecular weight is 657 g/mol. The number of primary amides is 1. The summed E-state index contributed by atoms with van der Waals surface area (Å²) >= 11 is 1.13. The van der Waals surface area contributed by atoms with Gasteiger partial charge in [-0.3, -0.25) is 14.4 Å². The van der Waals surface area contributed by atoms with Crippen LogP contribution in [0.15, 0.2) is 53.6 Å². The van der Waals surface area contributed by atoms with Crippen LogP contribution in [0.2, 0.25) is 0 Å². The second-order valence-corrected chi connectivity index (χ2v) is 12.1. The molecule has 0 saturated carbocycles. The largest absolute Gasteiger partial charge is 0.481 e. The Bertz CT molecular complexity index is 1430. The molecule has 16 heteroatoms. The normalized spacial score (nSPS) is 22.4. The molecule has 1 saturated heterocycles. The first-order chi connectivity index (χ1) is 22.1. The summed E-state index contributed by atoms with van der Waals surface area (Å²) in [5.74, 6) is -2.46. The van der Waals surface area contributed by atoms with Crippen molar-refractivity contribution in [2.75, 3.05) is 18.9 Å². The van der Waals surface area contributed by atoms with Gasteiger partial charge in [0.25, 0.3) is 0 Å². The SMILES string of the molecule is [N-]=[N+]=NC[C@H]1O[C@H](SCCCC(N)=O)[C@H](NC(=O)[C@H](CCC(=O)O)NC(=O)OCC2c3ccccc3-c3ccccc32)[C@@H](O)[C@H]1O. The molecule has 1 heterocycles. The van der Waals surface area contributed by atoms with Gasteiger partial charge in [0.1, 0.15) is 30.3 Å². The lowest BCUT2D eigenvalue weighted by molar-refractivity contribution is -0.161. The third kappa shape index (κ3) is 8.68. The maximum atomic E-state index is 13.5. The van der Waals surface area contributed by atoms with Crippen LogP contribution in [0.3, 0.4) is 0 Å². The minimum Gasteiger partial charge on any atom is -0.481 e. The van der Waals surface area contributed by atoms with Crippen molar-refractivity contribution in [2.45, 2.75) is 67.4 Å². The molecular formula is C30H36N6O9S. The van der Waals surface area contributed by atoms with Gasteiger partial charge in [-0.25, -0.2) is 4.79 Å². The van der Waals surface area contributed by atoms with Gasteiger partial charge in [-0.05, 0) is 46.4 Å². The minimum absolute atomic E-state index is 0.0366. The lowest BCUT2D eigenvalue weighted by Gasteiger charge is -2.43. The predicted molar refractivity (Wildman–Crippen MR) is 166 cm³/mol. The van der Waals surface area contributed by atoms with E-state index < -0.39 is 66.1 Å². The number of nitrogens with two attached hydrogens (primary N) is 1. The Hall–Kier alpha value is -4.34. The number of alkyl carbamates (subject to hydrolysis) is 1. The van der Waals surface area contributed by atoms with E-state index in [9.17, 15) is 34.5 Å². The molecule has 0 bridgehead atoms. The third-order valence-corrected chi connectivity index (χ3v) is 9.04. The number of benzene rings is 2. The van der Waals surface area contributed by atoms with Crippen molar-refractivity contribution in [1.29, 1.82) is 0 Å². The number of amides is 3. The van der Waals surface area contributed by atoms with E-state index in [1.807, 2.05) is 48.5 Å². The van der Waals surface area contributed by atoms with Crippen LogP contribution in [0.5, 0.6) is 0 Å². The standard InChI is InChI=1S/C30H36N6O9S/c31-23(37)10-5-13-46-29-25(27(41)26(40)22(45-29)14-33-36-32)35-28(42)21(11-12-24(38)39)34-30(43)44-15-20-18-8-3-1-6-16(18)17-7-2-4-9-19(17)20/h1-4,6-9,20-22,25-27,29,40-41H,5,10-15H2,(H2,31,37)(H,34,43)(H,35,42)(H,38,39)/t21-,22+,25+,26-,27+,29+/m0/s1. The van der Waals surface area contributed by atoms with Crippen LogP contribution in [0, 0.1) is 0 Å². The highest BCUT2D eigenvalue weighted by Crippen LogP contribution is 2.44. The molecule has 4 rings (SSSR count). The zero-order chi connectivity index (χ0) is 33.2. The monoisotopic (exact) mass is 656 g/mol. The third-order valence-electron chi connectivity index (χ3n) is 7.78. The van der Waals surface area contributed by atoms with Crippen molar-refractivity contribution < 1.29 is 44.0 Å². The summed E-state index contributed by atoms with van der Waals surface area (Å²) in [5, 5.41) is 39.3. The Kier molecular flexibility index (Phi) is 12.2. The van der Waals surface area contributed by atoms with E-state index in [4.69, 9.17) is 20.7 Å². The van der Waals surface area contributed by atoms with E-state index in [0.29, 0.717) is 12.2 Å².